The number of benzene rings is 2. The number of aromatic nitrogens is 3. The van der Waals surface area contributed by atoms with Crippen molar-refractivity contribution in [3.63, 3.8) is 0 Å². The molecule has 1 aliphatic rings. The second-order valence-electron chi connectivity index (χ2n) is 8.22. The molecule has 2 aromatic heterocycles. The molecule has 32 heavy (non-hydrogen) atoms. The number of para-hydroxylation sites is 1. The van der Waals surface area contributed by atoms with Crippen LogP contribution in [0.25, 0.3) is 11.2 Å². The largest absolute Gasteiger partial charge is 0.327 e. The molecular formula is C26H24ClN5. The van der Waals surface area contributed by atoms with E-state index in [1.165, 1.54) is 16.7 Å². The van der Waals surface area contributed by atoms with Gasteiger partial charge in [-0.05, 0) is 54.7 Å². The van der Waals surface area contributed by atoms with Crippen LogP contribution in [0.3, 0.4) is 0 Å². The van der Waals surface area contributed by atoms with Crippen LogP contribution in [0.15, 0.2) is 48.5 Å². The van der Waals surface area contributed by atoms with E-state index in [4.69, 9.17) is 21.6 Å². The molecule has 5 nitrogen and oxygen atoms in total. The molecule has 0 saturated heterocycles. The Morgan fingerprint density at radius 2 is 1.81 bits per heavy atom. The van der Waals surface area contributed by atoms with Gasteiger partial charge in [-0.2, -0.15) is 5.26 Å². The van der Waals surface area contributed by atoms with Crippen molar-refractivity contribution in [2.75, 3.05) is 11.4 Å². The number of pyridine rings is 1. The van der Waals surface area contributed by atoms with E-state index in [2.05, 4.69) is 58.9 Å². The summed E-state index contributed by atoms with van der Waals surface area (Å²) in [6, 6.07) is 19.2. The van der Waals surface area contributed by atoms with Crippen LogP contribution in [0, 0.1) is 18.3 Å². The van der Waals surface area contributed by atoms with Crippen molar-refractivity contribution in [1.29, 1.82) is 5.26 Å². The van der Waals surface area contributed by atoms with Crippen LogP contribution in [0.4, 0.5) is 11.4 Å². The maximum atomic E-state index is 9.47. The van der Waals surface area contributed by atoms with Gasteiger partial charge >= 0.3 is 0 Å². The molecule has 2 aromatic carbocycles. The van der Waals surface area contributed by atoms with Gasteiger partial charge in [0.05, 0.1) is 17.6 Å². The van der Waals surface area contributed by atoms with Crippen LogP contribution in [-0.4, -0.2) is 21.1 Å². The third-order valence-electron chi connectivity index (χ3n) is 6.13. The number of rotatable bonds is 4. The quantitative estimate of drug-likeness (QED) is 0.377. The van der Waals surface area contributed by atoms with Gasteiger partial charge in [-0.3, -0.25) is 0 Å². The van der Waals surface area contributed by atoms with E-state index < -0.39 is 0 Å². The number of hydrogen-bond acceptors (Lipinski definition) is 4. The zero-order valence-electron chi connectivity index (χ0n) is 18.3. The van der Waals surface area contributed by atoms with Gasteiger partial charge in [-0.1, -0.05) is 48.9 Å². The summed E-state index contributed by atoms with van der Waals surface area (Å²) >= 11 is 6.46. The van der Waals surface area contributed by atoms with Crippen LogP contribution in [0.2, 0.25) is 5.02 Å². The molecule has 1 aliphatic heterocycles. The summed E-state index contributed by atoms with van der Waals surface area (Å²) in [6.07, 6.45) is 2.71. The highest BCUT2D eigenvalue weighted by atomic mass is 35.5. The lowest BCUT2D eigenvalue weighted by molar-refractivity contribution is 0.744. The summed E-state index contributed by atoms with van der Waals surface area (Å²) in [5.41, 5.74) is 8.47. The van der Waals surface area contributed by atoms with Crippen LogP contribution in [0.5, 0.6) is 0 Å². The number of aryl methyl sites for hydroxylation is 4. The van der Waals surface area contributed by atoms with E-state index >= 15 is 0 Å². The van der Waals surface area contributed by atoms with E-state index in [0.717, 1.165) is 53.3 Å². The average molecular weight is 442 g/mol. The smallest absolute Gasteiger partial charge is 0.162 e. The van der Waals surface area contributed by atoms with Gasteiger partial charge in [0.2, 0.25) is 0 Å². The molecule has 0 unspecified atom stereocenters. The lowest BCUT2D eigenvalue weighted by Gasteiger charge is -2.24. The second-order valence-corrected chi connectivity index (χ2v) is 8.63. The normalized spacial score (nSPS) is 12.9. The van der Waals surface area contributed by atoms with Crippen molar-refractivity contribution in [3.05, 3.63) is 81.8 Å². The molecule has 0 atom stereocenters. The van der Waals surface area contributed by atoms with E-state index in [0.29, 0.717) is 18.1 Å². The van der Waals surface area contributed by atoms with Crippen LogP contribution in [-0.2, 0) is 25.8 Å². The molecule has 5 rings (SSSR count). The molecule has 3 heterocycles. The zero-order valence-corrected chi connectivity index (χ0v) is 19.0. The number of nitriles is 1. The minimum Gasteiger partial charge on any atom is -0.327 e. The lowest BCUT2D eigenvalue weighted by Crippen LogP contribution is -2.18. The minimum atomic E-state index is 0.331. The van der Waals surface area contributed by atoms with Gasteiger partial charge in [0.1, 0.15) is 17.9 Å². The molecule has 0 saturated carbocycles. The van der Waals surface area contributed by atoms with Crippen LogP contribution in [0.1, 0.15) is 35.1 Å². The van der Waals surface area contributed by atoms with Gasteiger partial charge in [0.25, 0.3) is 0 Å². The molecule has 0 radical (unpaired) electrons. The average Bonchev–Trinajstić information content (AvgIpc) is 3.06. The summed E-state index contributed by atoms with van der Waals surface area (Å²) in [4.78, 5) is 11.6. The Kier molecular flexibility index (Phi) is 5.32. The molecule has 0 spiro atoms. The first-order valence-electron chi connectivity index (χ1n) is 11.0. The first-order valence-corrected chi connectivity index (χ1v) is 11.3. The highest BCUT2D eigenvalue weighted by Gasteiger charge is 2.21. The Labute approximate surface area is 192 Å². The number of nitrogens with zero attached hydrogens (tertiary/aromatic N) is 5. The van der Waals surface area contributed by atoms with Gasteiger partial charge in [0, 0.05) is 23.5 Å². The summed E-state index contributed by atoms with van der Waals surface area (Å²) < 4.78 is 2.18. The number of hydrogen-bond donors (Lipinski definition) is 0. The van der Waals surface area contributed by atoms with Crippen molar-refractivity contribution in [3.8, 4) is 6.07 Å². The topological polar surface area (TPSA) is 57.7 Å². The lowest BCUT2D eigenvalue weighted by atomic mass is 10.0. The zero-order chi connectivity index (χ0) is 22.2. The highest BCUT2D eigenvalue weighted by Crippen LogP contribution is 2.36. The van der Waals surface area contributed by atoms with E-state index in [1.807, 2.05) is 19.1 Å². The Morgan fingerprint density at radius 3 is 2.62 bits per heavy atom. The van der Waals surface area contributed by atoms with Gasteiger partial charge in [-0.25, -0.2) is 9.97 Å². The molecule has 160 valence electrons. The van der Waals surface area contributed by atoms with Gasteiger partial charge in [0.15, 0.2) is 5.65 Å². The Hall–Kier alpha value is -3.36. The predicted octanol–water partition coefficient (Wildman–Crippen LogP) is 5.76. The van der Waals surface area contributed by atoms with Crippen molar-refractivity contribution < 1.29 is 0 Å². The number of anilines is 2. The molecule has 0 aliphatic carbocycles. The first-order chi connectivity index (χ1) is 15.6. The maximum absolute atomic E-state index is 9.47. The number of halogens is 1. The summed E-state index contributed by atoms with van der Waals surface area (Å²) in [5.74, 6) is 0.980. The van der Waals surface area contributed by atoms with Crippen LogP contribution < -0.4 is 4.90 Å². The Bertz CT molecular complexity index is 1360. The van der Waals surface area contributed by atoms with Crippen molar-refractivity contribution in [2.24, 2.45) is 0 Å². The van der Waals surface area contributed by atoms with E-state index in [1.54, 1.807) is 0 Å². The predicted molar refractivity (Wildman–Crippen MR) is 129 cm³/mol. The van der Waals surface area contributed by atoms with E-state index in [9.17, 15) is 5.26 Å². The Balaban J connectivity index is 1.57. The number of imidazole rings is 1. The molecule has 4 aromatic rings. The Morgan fingerprint density at radius 1 is 1.03 bits per heavy atom. The van der Waals surface area contributed by atoms with E-state index in [-0.39, 0.29) is 0 Å². The third-order valence-corrected chi connectivity index (χ3v) is 6.42. The SMILES string of the molecule is CCc1nc2c(Cl)cc(C)nc2n1Cc1ccc2c(c1)CCc1ccccc1N2CC#N. The molecule has 0 amide bonds. The van der Waals surface area contributed by atoms with Gasteiger partial charge in [-0.15, -0.1) is 0 Å². The standard InChI is InChI=1S/C26H24ClN5/c1-3-24-30-25-21(27)14-17(2)29-26(25)32(24)16-18-8-11-23-20(15-18)10-9-19-6-4-5-7-22(19)31(23)13-12-28/h4-8,11,14-15H,3,9-10,13,16H2,1-2H3. The molecule has 6 heteroatoms. The van der Waals surface area contributed by atoms with Gasteiger partial charge < -0.3 is 9.47 Å². The van der Waals surface area contributed by atoms with Crippen molar-refractivity contribution in [1.82, 2.24) is 14.5 Å². The summed E-state index contributed by atoms with van der Waals surface area (Å²) in [6.45, 7) is 5.08. The fourth-order valence-electron chi connectivity index (χ4n) is 4.66. The van der Waals surface area contributed by atoms with Crippen molar-refractivity contribution >= 4 is 34.1 Å². The maximum Gasteiger partial charge on any atom is 0.162 e. The molecule has 0 bridgehead atoms. The number of fused-ring (bicyclic) bond motifs is 3. The first kappa shape index (κ1) is 20.5. The second kappa shape index (κ2) is 8.29. The van der Waals surface area contributed by atoms with Crippen molar-refractivity contribution in [2.45, 2.75) is 39.7 Å². The minimum absolute atomic E-state index is 0.331. The fraction of sp³-hybridized carbons (Fsp3) is 0.269. The fourth-order valence-corrected chi connectivity index (χ4v) is 4.94. The summed E-state index contributed by atoms with van der Waals surface area (Å²) in [5, 5.41) is 10.1. The summed E-state index contributed by atoms with van der Waals surface area (Å²) in [7, 11) is 0. The monoisotopic (exact) mass is 441 g/mol. The molecular weight excluding hydrogens is 418 g/mol. The van der Waals surface area contributed by atoms with Crippen LogP contribution >= 0.6 is 11.6 Å². The molecule has 0 N–H and O–H groups in total. The third kappa shape index (κ3) is 3.51. The highest BCUT2D eigenvalue weighted by molar-refractivity contribution is 6.34. The molecule has 0 fully saturated rings.